The molecule has 0 aromatic heterocycles. The molecule has 1 heterocycles. The van der Waals surface area contributed by atoms with Crippen molar-refractivity contribution in [3.8, 4) is 5.40 Å². The molecule has 1 aliphatic heterocycles. The molecular weight excluding hydrogens is 165 g/mol. The molecule has 0 aromatic rings. The Morgan fingerprint density at radius 2 is 1.80 bits per heavy atom. The van der Waals surface area contributed by atoms with Crippen LogP contribution in [-0.2, 0) is 22.1 Å². The van der Waals surface area contributed by atoms with Crippen LogP contribution in [0, 0.1) is 10.7 Å². The fraction of sp³-hybridized carbons (Fsp3) is 0.500. The third kappa shape index (κ3) is 7.98. The molecular formula is C4H4NNaO3S. The SMILES string of the molecule is N#C[S-].O=C1OCCO1.[Na+]. The summed E-state index contributed by atoms with van der Waals surface area (Å²) in [4.78, 5) is 9.80. The summed E-state index contributed by atoms with van der Waals surface area (Å²) in [6.45, 7) is 0.831. The Morgan fingerprint density at radius 3 is 1.90 bits per heavy atom. The molecule has 0 aromatic carbocycles. The molecule has 10 heavy (non-hydrogen) atoms. The van der Waals surface area contributed by atoms with E-state index in [1.165, 1.54) is 5.40 Å². The number of carbonyl (C=O) groups excluding carboxylic acids is 1. The number of rotatable bonds is 0. The fourth-order valence-corrected chi connectivity index (χ4v) is 0.292. The van der Waals surface area contributed by atoms with E-state index in [1.54, 1.807) is 0 Å². The first-order valence-corrected chi connectivity index (χ1v) is 2.53. The van der Waals surface area contributed by atoms with E-state index < -0.39 is 6.16 Å². The van der Waals surface area contributed by atoms with Crippen molar-refractivity contribution in [2.45, 2.75) is 0 Å². The minimum Gasteiger partial charge on any atom is -0.696 e. The quantitative estimate of drug-likeness (QED) is 0.169. The zero-order valence-electron chi connectivity index (χ0n) is 5.49. The standard InChI is InChI=1S/C3H4O3.CHNS.Na/c4-3-5-1-2-6-3;2-1-3;/h1-2H2;3H;/q;;+1/p-1. The Kier molecular flexibility index (Phi) is 11.3. The molecule has 1 aliphatic rings. The molecule has 0 radical (unpaired) electrons. The molecule has 0 spiro atoms. The van der Waals surface area contributed by atoms with Crippen LogP contribution in [0.15, 0.2) is 0 Å². The van der Waals surface area contributed by atoms with Gasteiger partial charge in [-0.1, -0.05) is 5.40 Å². The van der Waals surface area contributed by atoms with E-state index in [0.717, 1.165) is 0 Å². The van der Waals surface area contributed by atoms with Crippen molar-refractivity contribution in [1.82, 2.24) is 0 Å². The van der Waals surface area contributed by atoms with Gasteiger partial charge < -0.3 is 22.1 Å². The summed E-state index contributed by atoms with van der Waals surface area (Å²) in [6, 6.07) is 0. The van der Waals surface area contributed by atoms with Gasteiger partial charge in [-0.15, -0.1) is 0 Å². The Labute approximate surface area is 86.2 Å². The predicted molar refractivity (Wildman–Crippen MR) is 30.3 cm³/mol. The molecule has 0 unspecified atom stereocenters. The molecule has 1 fully saturated rings. The smallest absolute Gasteiger partial charge is 0.696 e. The third-order valence-corrected chi connectivity index (χ3v) is 0.523. The molecule has 1 saturated heterocycles. The van der Waals surface area contributed by atoms with Gasteiger partial charge in [0.2, 0.25) is 0 Å². The normalized spacial score (nSPS) is 12.5. The zero-order valence-corrected chi connectivity index (χ0v) is 8.31. The molecule has 0 atom stereocenters. The number of cyclic esters (lactones) is 2. The first kappa shape index (κ1) is 12.6. The number of thiocyanates is 1. The molecule has 1 rings (SSSR count). The number of carbonyl (C=O) groups is 1. The van der Waals surface area contributed by atoms with Crippen LogP contribution in [0.5, 0.6) is 0 Å². The first-order chi connectivity index (χ1) is 4.31. The van der Waals surface area contributed by atoms with Crippen molar-refractivity contribution < 1.29 is 43.8 Å². The van der Waals surface area contributed by atoms with Crippen molar-refractivity contribution in [3.05, 3.63) is 0 Å². The Bertz CT molecular complexity index is 127. The summed E-state index contributed by atoms with van der Waals surface area (Å²) in [7, 11) is 0. The third-order valence-electron chi connectivity index (χ3n) is 0.523. The summed E-state index contributed by atoms with van der Waals surface area (Å²) in [5, 5.41) is 8.47. The second kappa shape index (κ2) is 8.98. The summed E-state index contributed by atoms with van der Waals surface area (Å²) in [5.74, 6) is 0. The van der Waals surface area contributed by atoms with Crippen molar-refractivity contribution in [3.63, 3.8) is 0 Å². The van der Waals surface area contributed by atoms with Gasteiger partial charge in [-0.3, -0.25) is 0 Å². The van der Waals surface area contributed by atoms with Crippen molar-refractivity contribution in [2.24, 2.45) is 0 Å². The maximum Gasteiger partial charge on any atom is 1.00 e. The average molecular weight is 169 g/mol. The van der Waals surface area contributed by atoms with Crippen molar-refractivity contribution >= 4 is 18.8 Å². The maximum absolute atomic E-state index is 9.80. The van der Waals surface area contributed by atoms with Crippen LogP contribution in [0.1, 0.15) is 0 Å². The number of ether oxygens (including phenoxy) is 2. The van der Waals surface area contributed by atoms with Crippen molar-refractivity contribution in [1.29, 1.82) is 5.26 Å². The van der Waals surface area contributed by atoms with Gasteiger partial charge in [-0.25, -0.2) is 10.1 Å². The van der Waals surface area contributed by atoms with E-state index >= 15 is 0 Å². The van der Waals surface area contributed by atoms with Gasteiger partial charge in [0.25, 0.3) is 0 Å². The maximum atomic E-state index is 9.80. The molecule has 0 bridgehead atoms. The zero-order chi connectivity index (χ0) is 7.11. The van der Waals surface area contributed by atoms with Crippen LogP contribution in [0.3, 0.4) is 0 Å². The largest absolute Gasteiger partial charge is 1.00 e. The van der Waals surface area contributed by atoms with E-state index in [-0.39, 0.29) is 29.6 Å². The molecule has 4 nitrogen and oxygen atoms in total. The van der Waals surface area contributed by atoms with Gasteiger partial charge in [0.1, 0.15) is 13.2 Å². The van der Waals surface area contributed by atoms with Gasteiger partial charge in [-0.05, 0) is 0 Å². The number of hydrogen-bond acceptors (Lipinski definition) is 5. The summed E-state index contributed by atoms with van der Waals surface area (Å²) < 4.78 is 8.58. The Balaban J connectivity index is 0. The predicted octanol–water partition coefficient (Wildman–Crippen LogP) is -2.83. The van der Waals surface area contributed by atoms with E-state index in [2.05, 4.69) is 22.1 Å². The fourth-order valence-electron chi connectivity index (χ4n) is 0.292. The van der Waals surface area contributed by atoms with Crippen LogP contribution >= 0.6 is 0 Å². The first-order valence-electron chi connectivity index (χ1n) is 2.12. The van der Waals surface area contributed by atoms with E-state index in [0.29, 0.717) is 13.2 Å². The number of hydrogen-bond donors (Lipinski definition) is 0. The van der Waals surface area contributed by atoms with Gasteiger partial charge in [0, 0.05) is 0 Å². The van der Waals surface area contributed by atoms with E-state index in [1.807, 2.05) is 0 Å². The summed E-state index contributed by atoms with van der Waals surface area (Å²) in [6.07, 6.45) is -0.546. The van der Waals surface area contributed by atoms with Crippen LogP contribution in [0.25, 0.3) is 0 Å². The minimum atomic E-state index is -0.546. The van der Waals surface area contributed by atoms with Gasteiger partial charge in [-0.2, -0.15) is 0 Å². The van der Waals surface area contributed by atoms with Crippen LogP contribution in [-0.4, -0.2) is 19.4 Å². The molecule has 6 heteroatoms. The monoisotopic (exact) mass is 169 g/mol. The molecule has 0 aliphatic carbocycles. The second-order valence-electron chi connectivity index (χ2n) is 1.04. The summed E-state index contributed by atoms with van der Waals surface area (Å²) >= 11 is 3.70. The van der Waals surface area contributed by atoms with Crippen LogP contribution in [0.4, 0.5) is 4.79 Å². The van der Waals surface area contributed by atoms with E-state index in [9.17, 15) is 4.79 Å². The Morgan fingerprint density at radius 1 is 1.50 bits per heavy atom. The molecule has 0 amide bonds. The van der Waals surface area contributed by atoms with Crippen LogP contribution in [0.2, 0.25) is 0 Å². The minimum absolute atomic E-state index is 0. The molecule has 50 valence electrons. The van der Waals surface area contributed by atoms with Crippen LogP contribution < -0.4 is 29.6 Å². The van der Waals surface area contributed by atoms with Gasteiger partial charge in [0.15, 0.2) is 0 Å². The van der Waals surface area contributed by atoms with E-state index in [4.69, 9.17) is 5.26 Å². The van der Waals surface area contributed by atoms with Gasteiger partial charge in [0.05, 0.1) is 0 Å². The van der Waals surface area contributed by atoms with Gasteiger partial charge >= 0.3 is 35.7 Å². The number of nitriles is 1. The molecule has 0 saturated carbocycles. The summed E-state index contributed by atoms with van der Waals surface area (Å²) in [5.41, 5.74) is 0. The number of nitrogens with zero attached hydrogens (tertiary/aromatic N) is 1. The second-order valence-corrected chi connectivity index (χ2v) is 1.22. The van der Waals surface area contributed by atoms with Crippen molar-refractivity contribution in [2.75, 3.05) is 13.2 Å². The Hall–Kier alpha value is -0.0200. The average Bonchev–Trinajstić information content (AvgIpc) is 2.20. The molecule has 0 N–H and O–H groups in total. The topological polar surface area (TPSA) is 59.3 Å².